The highest BCUT2D eigenvalue weighted by atomic mass is 32.1. The number of anilines is 1. The van der Waals surface area contributed by atoms with Crippen molar-refractivity contribution < 1.29 is 19.5 Å². The fourth-order valence-electron chi connectivity index (χ4n) is 4.39. The van der Waals surface area contributed by atoms with Gasteiger partial charge in [0.15, 0.2) is 0 Å². The fraction of sp³-hybridized carbons (Fsp3) is 0.194. The Kier molecular flexibility index (Phi) is 9.06. The molecule has 1 heterocycles. The zero-order chi connectivity index (χ0) is 26.9. The van der Waals surface area contributed by atoms with E-state index in [4.69, 9.17) is 0 Å². The molecule has 0 aliphatic rings. The van der Waals surface area contributed by atoms with Gasteiger partial charge in [-0.2, -0.15) is 0 Å². The van der Waals surface area contributed by atoms with Gasteiger partial charge in [0.05, 0.1) is 11.4 Å². The molecule has 4 rings (SSSR count). The highest BCUT2D eigenvalue weighted by Gasteiger charge is 2.24. The van der Waals surface area contributed by atoms with Crippen molar-refractivity contribution in [3.05, 3.63) is 113 Å². The zero-order valence-electron chi connectivity index (χ0n) is 21.2. The number of thiophene rings is 1. The molecule has 194 valence electrons. The summed E-state index contributed by atoms with van der Waals surface area (Å²) in [6.07, 6.45) is 1.35. The van der Waals surface area contributed by atoms with Gasteiger partial charge in [-0.15, -0.1) is 11.3 Å². The van der Waals surface area contributed by atoms with Gasteiger partial charge in [0.25, 0.3) is 11.8 Å². The molecule has 0 bridgehead atoms. The van der Waals surface area contributed by atoms with E-state index in [-0.39, 0.29) is 24.8 Å². The summed E-state index contributed by atoms with van der Waals surface area (Å²) in [6.45, 7) is 0.538. The van der Waals surface area contributed by atoms with E-state index < -0.39 is 5.97 Å². The molecule has 3 aromatic carbocycles. The van der Waals surface area contributed by atoms with Crippen LogP contribution in [0.5, 0.6) is 0 Å². The molecule has 1 aromatic heterocycles. The zero-order valence-corrected chi connectivity index (χ0v) is 22.1. The number of hydrogen-bond acceptors (Lipinski definition) is 4. The van der Waals surface area contributed by atoms with Crippen molar-refractivity contribution in [1.29, 1.82) is 0 Å². The smallest absolute Gasteiger partial charge is 0.305 e. The van der Waals surface area contributed by atoms with Crippen LogP contribution in [-0.2, 0) is 11.2 Å². The maximum absolute atomic E-state index is 13.8. The average molecular weight is 527 g/mol. The Morgan fingerprint density at radius 1 is 0.737 bits per heavy atom. The predicted molar refractivity (Wildman–Crippen MR) is 152 cm³/mol. The Bertz CT molecular complexity index is 1390. The number of carboxylic acids is 1. The molecule has 0 fully saturated rings. The number of aliphatic carboxylic acids is 1. The van der Waals surface area contributed by atoms with Crippen molar-refractivity contribution in [2.24, 2.45) is 0 Å². The second kappa shape index (κ2) is 12.8. The molecule has 38 heavy (non-hydrogen) atoms. The van der Waals surface area contributed by atoms with Gasteiger partial charge in [0.2, 0.25) is 0 Å². The number of amides is 2. The number of rotatable bonds is 11. The summed E-state index contributed by atoms with van der Waals surface area (Å²) in [5.74, 6) is -1.37. The number of nitrogens with zero attached hydrogens (tertiary/aromatic N) is 2. The first-order chi connectivity index (χ1) is 18.5. The van der Waals surface area contributed by atoms with Crippen LogP contribution in [0.1, 0.15) is 39.1 Å². The number of carbonyl (C=O) groups excluding carboxylic acids is 2. The summed E-state index contributed by atoms with van der Waals surface area (Å²) in [5.41, 5.74) is 3.40. The molecule has 6 nitrogen and oxygen atoms in total. The van der Waals surface area contributed by atoms with Gasteiger partial charge >= 0.3 is 5.97 Å². The Hall–Kier alpha value is -4.23. The fourth-order valence-corrected chi connectivity index (χ4v) is 5.08. The van der Waals surface area contributed by atoms with Crippen LogP contribution in [0.25, 0.3) is 11.1 Å². The van der Waals surface area contributed by atoms with E-state index in [2.05, 4.69) is 0 Å². The molecule has 2 amide bonds. The minimum absolute atomic E-state index is 0.110. The number of hydrogen-bond donors (Lipinski definition) is 1. The van der Waals surface area contributed by atoms with Crippen LogP contribution in [0, 0.1) is 0 Å². The largest absolute Gasteiger partial charge is 0.481 e. The lowest BCUT2D eigenvalue weighted by molar-refractivity contribution is -0.137. The first kappa shape index (κ1) is 26.8. The predicted octanol–water partition coefficient (Wildman–Crippen LogP) is 6.24. The molecule has 0 unspecified atom stereocenters. The lowest BCUT2D eigenvalue weighted by atomic mass is 9.94. The van der Waals surface area contributed by atoms with Crippen molar-refractivity contribution in [3.8, 4) is 11.1 Å². The van der Waals surface area contributed by atoms with Crippen molar-refractivity contribution in [1.82, 2.24) is 4.90 Å². The van der Waals surface area contributed by atoms with Gasteiger partial charge in [-0.25, -0.2) is 0 Å². The summed E-state index contributed by atoms with van der Waals surface area (Å²) in [5, 5.41) is 12.0. The Labute approximate surface area is 226 Å². The number of carboxylic acid groups (broad SMARTS) is 1. The van der Waals surface area contributed by atoms with Gasteiger partial charge in [-0.3, -0.25) is 14.4 Å². The van der Waals surface area contributed by atoms with E-state index in [0.29, 0.717) is 35.2 Å². The van der Waals surface area contributed by atoms with Gasteiger partial charge in [0, 0.05) is 31.3 Å². The van der Waals surface area contributed by atoms with Gasteiger partial charge in [-0.05, 0) is 59.2 Å². The van der Waals surface area contributed by atoms with Crippen LogP contribution in [0.4, 0.5) is 5.00 Å². The van der Waals surface area contributed by atoms with E-state index >= 15 is 0 Å². The molecule has 0 radical (unpaired) electrons. The normalized spacial score (nSPS) is 10.7. The average Bonchev–Trinajstić information content (AvgIpc) is 3.49. The first-order valence-electron chi connectivity index (χ1n) is 12.5. The Morgan fingerprint density at radius 2 is 1.34 bits per heavy atom. The lowest BCUT2D eigenvalue weighted by Gasteiger charge is -2.24. The third-order valence-corrected chi connectivity index (χ3v) is 7.31. The molecule has 4 aromatic rings. The summed E-state index contributed by atoms with van der Waals surface area (Å²) >= 11 is 1.48. The molecular weight excluding hydrogens is 496 g/mol. The maximum atomic E-state index is 13.8. The molecule has 0 saturated heterocycles. The Balaban J connectivity index is 1.63. The van der Waals surface area contributed by atoms with Gasteiger partial charge < -0.3 is 14.9 Å². The van der Waals surface area contributed by atoms with Crippen molar-refractivity contribution >= 4 is 34.1 Å². The first-order valence-corrected chi connectivity index (χ1v) is 13.4. The summed E-state index contributed by atoms with van der Waals surface area (Å²) in [7, 11) is 1.74. The SMILES string of the molecule is CN(C(=O)c1ccccc1-c1ccccc1C(=O)N(CCCc1ccccc1)CCC(=O)O)c1cccs1. The molecule has 0 atom stereocenters. The van der Waals surface area contributed by atoms with Crippen LogP contribution >= 0.6 is 11.3 Å². The summed E-state index contributed by atoms with van der Waals surface area (Å²) < 4.78 is 0. The summed E-state index contributed by atoms with van der Waals surface area (Å²) in [6, 6.07) is 28.3. The second-order valence-corrected chi connectivity index (χ2v) is 9.86. The standard InChI is InChI=1S/C31H30N2O4S/c1-32(28-18-10-22-38-28)30(36)26-16-7-5-14-24(26)25-15-6-8-17-27(25)31(37)33(21-19-29(34)35)20-9-13-23-11-3-2-4-12-23/h2-8,10-12,14-18,22H,9,13,19-21H2,1H3,(H,34,35). The molecule has 1 N–H and O–H groups in total. The van der Waals surface area contributed by atoms with Crippen molar-refractivity contribution in [2.75, 3.05) is 25.0 Å². The molecule has 0 aliphatic heterocycles. The Morgan fingerprint density at radius 3 is 1.95 bits per heavy atom. The number of benzene rings is 3. The minimum Gasteiger partial charge on any atom is -0.481 e. The van der Waals surface area contributed by atoms with E-state index in [9.17, 15) is 19.5 Å². The molecule has 0 aliphatic carbocycles. The number of aryl methyl sites for hydroxylation is 1. The highest BCUT2D eigenvalue weighted by molar-refractivity contribution is 7.14. The summed E-state index contributed by atoms with van der Waals surface area (Å²) in [4.78, 5) is 41.9. The van der Waals surface area contributed by atoms with E-state index in [1.165, 1.54) is 16.9 Å². The van der Waals surface area contributed by atoms with Crippen LogP contribution < -0.4 is 4.90 Å². The highest BCUT2D eigenvalue weighted by Crippen LogP contribution is 2.31. The van der Waals surface area contributed by atoms with E-state index in [1.807, 2.05) is 78.2 Å². The number of carbonyl (C=O) groups is 3. The second-order valence-electron chi connectivity index (χ2n) is 8.93. The van der Waals surface area contributed by atoms with Crippen molar-refractivity contribution in [3.63, 3.8) is 0 Å². The maximum Gasteiger partial charge on any atom is 0.305 e. The van der Waals surface area contributed by atoms with Crippen molar-refractivity contribution in [2.45, 2.75) is 19.3 Å². The third kappa shape index (κ3) is 6.55. The van der Waals surface area contributed by atoms with Crippen LogP contribution in [-0.4, -0.2) is 47.9 Å². The van der Waals surface area contributed by atoms with Gasteiger partial charge in [-0.1, -0.05) is 66.7 Å². The topological polar surface area (TPSA) is 77.9 Å². The minimum atomic E-state index is -0.952. The lowest BCUT2D eigenvalue weighted by Crippen LogP contribution is -2.34. The van der Waals surface area contributed by atoms with Crippen LogP contribution in [0.3, 0.4) is 0 Å². The quantitative estimate of drug-likeness (QED) is 0.251. The van der Waals surface area contributed by atoms with E-state index in [0.717, 1.165) is 11.4 Å². The van der Waals surface area contributed by atoms with E-state index in [1.54, 1.807) is 35.0 Å². The molecule has 0 spiro atoms. The van der Waals surface area contributed by atoms with Gasteiger partial charge in [0.1, 0.15) is 0 Å². The molecular formula is C31H30N2O4S. The third-order valence-electron chi connectivity index (χ3n) is 6.37. The van der Waals surface area contributed by atoms with Crippen LogP contribution in [0.2, 0.25) is 0 Å². The molecule has 7 heteroatoms. The van der Waals surface area contributed by atoms with Crippen LogP contribution in [0.15, 0.2) is 96.4 Å². The molecule has 0 saturated carbocycles. The monoisotopic (exact) mass is 526 g/mol.